The Morgan fingerprint density at radius 3 is 2.19 bits per heavy atom. The quantitative estimate of drug-likeness (QED) is 0.819. The lowest BCUT2D eigenvalue weighted by atomic mass is 9.96. The average Bonchev–Trinajstić information content (AvgIpc) is 3.23. The standard InChI is InChI=1S/C16H14F3N3O3.2ClH/c17-16(18,19)13-8-22(7-12(13)15(24)25)14(23)10-1-3-11(4-2-10)21-6-5-20-9-21;;/h1-6,9,12-13H,7-8H2,(H,24,25);2*1H/t12-,13-;;/m1../s1. The molecule has 3 rings (SSSR count). The first-order valence-corrected chi connectivity index (χ1v) is 7.44. The number of imidazole rings is 1. The molecule has 0 saturated carbocycles. The van der Waals surface area contributed by atoms with Gasteiger partial charge < -0.3 is 14.6 Å². The Morgan fingerprint density at radius 2 is 1.74 bits per heavy atom. The molecular weight excluding hydrogens is 410 g/mol. The maximum absolute atomic E-state index is 13.0. The van der Waals surface area contributed by atoms with E-state index >= 15 is 0 Å². The highest BCUT2D eigenvalue weighted by Gasteiger charge is 2.53. The Balaban J connectivity index is 0.00000182. The van der Waals surface area contributed by atoms with Gasteiger partial charge in [-0.1, -0.05) is 0 Å². The number of amides is 1. The van der Waals surface area contributed by atoms with Gasteiger partial charge in [0.2, 0.25) is 0 Å². The van der Waals surface area contributed by atoms with E-state index in [1.54, 1.807) is 35.4 Å². The van der Waals surface area contributed by atoms with Crippen LogP contribution in [-0.2, 0) is 4.79 Å². The summed E-state index contributed by atoms with van der Waals surface area (Å²) in [6, 6.07) is 6.27. The van der Waals surface area contributed by atoms with E-state index in [1.165, 1.54) is 12.1 Å². The second kappa shape index (κ2) is 8.62. The Morgan fingerprint density at radius 1 is 1.11 bits per heavy atom. The maximum Gasteiger partial charge on any atom is 0.394 e. The first-order valence-electron chi connectivity index (χ1n) is 7.44. The number of nitrogens with zero attached hydrogens (tertiary/aromatic N) is 3. The monoisotopic (exact) mass is 425 g/mol. The summed E-state index contributed by atoms with van der Waals surface area (Å²) in [5.41, 5.74) is 0.947. The second-order valence-electron chi connectivity index (χ2n) is 5.82. The van der Waals surface area contributed by atoms with Crippen molar-refractivity contribution in [2.45, 2.75) is 6.18 Å². The van der Waals surface area contributed by atoms with E-state index in [4.69, 9.17) is 5.11 Å². The second-order valence-corrected chi connectivity index (χ2v) is 5.82. The summed E-state index contributed by atoms with van der Waals surface area (Å²) in [6.45, 7) is -1.11. The van der Waals surface area contributed by atoms with Crippen molar-refractivity contribution in [3.63, 3.8) is 0 Å². The van der Waals surface area contributed by atoms with Gasteiger partial charge in [-0.15, -0.1) is 24.8 Å². The molecule has 2 atom stereocenters. The SMILES string of the molecule is Cl.Cl.O=C(O)[C@@H]1CN(C(=O)c2ccc(-n3ccnc3)cc2)C[C@H]1C(F)(F)F. The van der Waals surface area contributed by atoms with Crippen LogP contribution in [0.2, 0.25) is 0 Å². The molecule has 1 aliphatic rings. The molecule has 1 N–H and O–H groups in total. The lowest BCUT2D eigenvalue weighted by Gasteiger charge is -2.18. The van der Waals surface area contributed by atoms with E-state index in [1.807, 2.05) is 0 Å². The zero-order valence-corrected chi connectivity index (χ0v) is 15.3. The fourth-order valence-electron chi connectivity index (χ4n) is 2.92. The lowest BCUT2D eigenvalue weighted by molar-refractivity contribution is -0.187. The van der Waals surface area contributed by atoms with E-state index in [-0.39, 0.29) is 30.4 Å². The zero-order chi connectivity index (χ0) is 18.2. The molecule has 1 amide bonds. The molecule has 148 valence electrons. The highest BCUT2D eigenvalue weighted by molar-refractivity contribution is 5.95. The van der Waals surface area contributed by atoms with Crippen molar-refractivity contribution in [3.8, 4) is 5.69 Å². The van der Waals surface area contributed by atoms with Gasteiger partial charge in [0.25, 0.3) is 5.91 Å². The van der Waals surface area contributed by atoms with Crippen molar-refractivity contribution in [1.82, 2.24) is 14.5 Å². The normalized spacial score (nSPS) is 19.1. The molecule has 1 aromatic carbocycles. The number of carboxylic acid groups (broad SMARTS) is 1. The summed E-state index contributed by atoms with van der Waals surface area (Å²) in [5, 5.41) is 9.01. The summed E-state index contributed by atoms with van der Waals surface area (Å²) >= 11 is 0. The number of carbonyl (C=O) groups excluding carboxylic acids is 1. The fraction of sp³-hybridized carbons (Fsp3) is 0.312. The summed E-state index contributed by atoms with van der Waals surface area (Å²) in [6.07, 6.45) is 0.210. The third kappa shape index (κ3) is 4.72. The van der Waals surface area contributed by atoms with Gasteiger partial charge >= 0.3 is 12.1 Å². The van der Waals surface area contributed by atoms with E-state index in [2.05, 4.69) is 4.98 Å². The average molecular weight is 426 g/mol. The van der Waals surface area contributed by atoms with E-state index in [0.717, 1.165) is 10.6 Å². The lowest BCUT2D eigenvalue weighted by Crippen LogP contribution is -2.34. The molecule has 11 heteroatoms. The predicted molar refractivity (Wildman–Crippen MR) is 94.6 cm³/mol. The van der Waals surface area contributed by atoms with Crippen molar-refractivity contribution >= 4 is 36.7 Å². The van der Waals surface area contributed by atoms with Crippen LogP contribution in [0.15, 0.2) is 43.0 Å². The Bertz CT molecular complexity index is 782. The van der Waals surface area contributed by atoms with Crippen molar-refractivity contribution in [2.24, 2.45) is 11.8 Å². The number of hydrogen-bond donors (Lipinski definition) is 1. The fourth-order valence-corrected chi connectivity index (χ4v) is 2.92. The van der Waals surface area contributed by atoms with E-state index in [0.29, 0.717) is 0 Å². The Hall–Kier alpha value is -2.26. The van der Waals surface area contributed by atoms with Crippen molar-refractivity contribution in [2.75, 3.05) is 13.1 Å². The highest BCUT2D eigenvalue weighted by Crippen LogP contribution is 2.38. The maximum atomic E-state index is 13.0. The molecule has 1 aromatic heterocycles. The Labute approximate surface area is 164 Å². The smallest absolute Gasteiger partial charge is 0.394 e. The van der Waals surface area contributed by atoms with Gasteiger partial charge in [-0.05, 0) is 24.3 Å². The zero-order valence-electron chi connectivity index (χ0n) is 13.7. The summed E-state index contributed by atoms with van der Waals surface area (Å²) in [5.74, 6) is -5.86. The molecule has 1 fully saturated rings. The molecular formula is C16H16Cl2F3N3O3. The van der Waals surface area contributed by atoms with Gasteiger partial charge in [0.15, 0.2) is 0 Å². The van der Waals surface area contributed by atoms with Gasteiger partial charge in [-0.2, -0.15) is 13.2 Å². The molecule has 27 heavy (non-hydrogen) atoms. The predicted octanol–water partition coefficient (Wildman–Crippen LogP) is 3.05. The minimum absolute atomic E-state index is 0. The number of aliphatic carboxylic acids is 1. The van der Waals surface area contributed by atoms with Crippen LogP contribution in [0.5, 0.6) is 0 Å². The van der Waals surface area contributed by atoms with Gasteiger partial charge in [0.05, 0.1) is 18.2 Å². The summed E-state index contributed by atoms with van der Waals surface area (Å²) in [7, 11) is 0. The van der Waals surface area contributed by atoms with E-state index < -0.39 is 43.0 Å². The minimum Gasteiger partial charge on any atom is -0.481 e. The van der Waals surface area contributed by atoms with Crippen LogP contribution in [0.1, 0.15) is 10.4 Å². The minimum atomic E-state index is -4.66. The largest absolute Gasteiger partial charge is 0.481 e. The molecule has 0 aliphatic carbocycles. The molecule has 0 spiro atoms. The molecule has 2 aromatic rings. The number of alkyl halides is 3. The highest BCUT2D eigenvalue weighted by atomic mass is 35.5. The van der Waals surface area contributed by atoms with E-state index in [9.17, 15) is 22.8 Å². The van der Waals surface area contributed by atoms with Crippen LogP contribution in [0.3, 0.4) is 0 Å². The van der Waals surface area contributed by atoms with Gasteiger partial charge in [0, 0.05) is 36.7 Å². The van der Waals surface area contributed by atoms with Gasteiger partial charge in [-0.3, -0.25) is 9.59 Å². The van der Waals surface area contributed by atoms with Crippen LogP contribution in [0, 0.1) is 11.8 Å². The number of hydrogen-bond acceptors (Lipinski definition) is 3. The number of halogens is 5. The first-order chi connectivity index (χ1) is 11.8. The van der Waals surface area contributed by atoms with Crippen LogP contribution < -0.4 is 0 Å². The number of aromatic nitrogens is 2. The summed E-state index contributed by atoms with van der Waals surface area (Å²) < 4.78 is 40.7. The Kier molecular flexibility index (Phi) is 7.27. The van der Waals surface area contributed by atoms with Crippen LogP contribution in [-0.4, -0.2) is 50.7 Å². The molecule has 0 radical (unpaired) electrons. The van der Waals surface area contributed by atoms with Gasteiger partial charge in [0.1, 0.15) is 0 Å². The number of benzene rings is 1. The van der Waals surface area contributed by atoms with Crippen molar-refractivity contribution in [1.29, 1.82) is 0 Å². The number of carboxylic acids is 1. The third-order valence-electron chi connectivity index (χ3n) is 4.26. The van der Waals surface area contributed by atoms with Gasteiger partial charge in [-0.25, -0.2) is 4.98 Å². The third-order valence-corrected chi connectivity index (χ3v) is 4.26. The molecule has 1 aliphatic heterocycles. The molecule has 0 bridgehead atoms. The topological polar surface area (TPSA) is 75.4 Å². The molecule has 2 heterocycles. The molecule has 1 saturated heterocycles. The van der Waals surface area contributed by atoms with Crippen LogP contribution in [0.25, 0.3) is 5.69 Å². The first kappa shape index (κ1) is 22.8. The van der Waals surface area contributed by atoms with Crippen LogP contribution in [0.4, 0.5) is 13.2 Å². The van der Waals surface area contributed by atoms with Crippen molar-refractivity contribution in [3.05, 3.63) is 48.5 Å². The number of rotatable bonds is 3. The molecule has 6 nitrogen and oxygen atoms in total. The molecule has 0 unspecified atom stereocenters. The number of carbonyl (C=O) groups is 2. The summed E-state index contributed by atoms with van der Waals surface area (Å²) in [4.78, 5) is 28.4. The van der Waals surface area contributed by atoms with Crippen molar-refractivity contribution < 1.29 is 27.9 Å². The number of likely N-dealkylation sites (tertiary alicyclic amines) is 1. The van der Waals surface area contributed by atoms with Crippen LogP contribution >= 0.6 is 24.8 Å².